The predicted molar refractivity (Wildman–Crippen MR) is 91.2 cm³/mol. The molecular formula is C17H28N2OS. The van der Waals surface area contributed by atoms with E-state index >= 15 is 0 Å². The van der Waals surface area contributed by atoms with Gasteiger partial charge in [-0.15, -0.1) is 0 Å². The monoisotopic (exact) mass is 308 g/mol. The van der Waals surface area contributed by atoms with Gasteiger partial charge in [-0.3, -0.25) is 4.98 Å². The van der Waals surface area contributed by atoms with Gasteiger partial charge in [0.05, 0.1) is 12.8 Å². The molecule has 0 saturated carbocycles. The van der Waals surface area contributed by atoms with Gasteiger partial charge in [0.1, 0.15) is 5.75 Å². The van der Waals surface area contributed by atoms with Crippen molar-refractivity contribution in [1.82, 2.24) is 10.3 Å². The molecule has 1 aromatic rings. The summed E-state index contributed by atoms with van der Waals surface area (Å²) < 4.78 is 5.74. The molecule has 0 amide bonds. The third kappa shape index (κ3) is 5.19. The van der Waals surface area contributed by atoms with E-state index in [2.05, 4.69) is 42.0 Å². The quantitative estimate of drug-likeness (QED) is 0.780. The summed E-state index contributed by atoms with van der Waals surface area (Å²) >= 11 is 2.11. The number of pyridine rings is 1. The second-order valence-electron chi connectivity index (χ2n) is 5.64. The lowest BCUT2D eigenvalue weighted by Crippen LogP contribution is -2.32. The van der Waals surface area contributed by atoms with Crippen LogP contribution < -0.4 is 10.1 Å². The van der Waals surface area contributed by atoms with Gasteiger partial charge in [0.25, 0.3) is 0 Å². The van der Waals surface area contributed by atoms with Crippen molar-refractivity contribution >= 4 is 11.8 Å². The summed E-state index contributed by atoms with van der Waals surface area (Å²) in [4.78, 5) is 4.39. The predicted octanol–water partition coefficient (Wildman–Crippen LogP) is 4.20. The van der Waals surface area contributed by atoms with E-state index < -0.39 is 0 Å². The first-order chi connectivity index (χ1) is 10.3. The van der Waals surface area contributed by atoms with Crippen molar-refractivity contribution in [2.24, 2.45) is 0 Å². The molecule has 1 aliphatic heterocycles. The van der Waals surface area contributed by atoms with E-state index in [1.807, 2.05) is 12.4 Å². The zero-order chi connectivity index (χ0) is 14.9. The van der Waals surface area contributed by atoms with Crippen LogP contribution in [0.25, 0.3) is 0 Å². The Morgan fingerprint density at radius 1 is 1.33 bits per heavy atom. The Bertz CT molecular complexity index is 408. The van der Waals surface area contributed by atoms with Crippen LogP contribution in [0.5, 0.6) is 5.75 Å². The highest BCUT2D eigenvalue weighted by Crippen LogP contribution is 2.35. The van der Waals surface area contributed by atoms with Crippen molar-refractivity contribution in [3.05, 3.63) is 24.0 Å². The Balaban J connectivity index is 2.10. The fourth-order valence-electron chi connectivity index (χ4n) is 2.70. The largest absolute Gasteiger partial charge is 0.492 e. The molecule has 0 aromatic carbocycles. The van der Waals surface area contributed by atoms with E-state index in [0.29, 0.717) is 11.3 Å². The Morgan fingerprint density at radius 2 is 2.24 bits per heavy atom. The van der Waals surface area contributed by atoms with Crippen LogP contribution in [-0.4, -0.2) is 29.1 Å². The van der Waals surface area contributed by atoms with Crippen LogP contribution in [0.3, 0.4) is 0 Å². The zero-order valence-electron chi connectivity index (χ0n) is 13.3. The van der Waals surface area contributed by atoms with Gasteiger partial charge < -0.3 is 10.1 Å². The molecule has 2 rings (SSSR count). The van der Waals surface area contributed by atoms with E-state index in [1.54, 1.807) is 0 Å². The van der Waals surface area contributed by atoms with E-state index in [-0.39, 0.29) is 0 Å². The lowest BCUT2D eigenvalue weighted by molar-refractivity contribution is 0.315. The van der Waals surface area contributed by atoms with Gasteiger partial charge in [-0.1, -0.05) is 20.3 Å². The van der Waals surface area contributed by atoms with Gasteiger partial charge in [-0.25, -0.2) is 0 Å². The maximum Gasteiger partial charge on any atom is 0.137 e. The smallest absolute Gasteiger partial charge is 0.137 e. The van der Waals surface area contributed by atoms with Crippen molar-refractivity contribution in [1.29, 1.82) is 0 Å². The molecule has 3 nitrogen and oxygen atoms in total. The highest BCUT2D eigenvalue weighted by atomic mass is 32.2. The third-order valence-corrected chi connectivity index (χ3v) is 5.23. The summed E-state index contributed by atoms with van der Waals surface area (Å²) in [5, 5.41) is 4.38. The fourth-order valence-corrected chi connectivity index (χ4v) is 4.15. The van der Waals surface area contributed by atoms with E-state index in [9.17, 15) is 0 Å². The molecule has 4 heteroatoms. The van der Waals surface area contributed by atoms with Crippen LogP contribution in [0.4, 0.5) is 0 Å². The number of rotatable bonds is 8. The maximum absolute atomic E-state index is 5.74. The van der Waals surface area contributed by atoms with Crippen molar-refractivity contribution in [2.45, 2.75) is 57.2 Å². The minimum atomic E-state index is 0.396. The van der Waals surface area contributed by atoms with Crippen molar-refractivity contribution in [3.8, 4) is 5.75 Å². The van der Waals surface area contributed by atoms with Crippen molar-refractivity contribution < 1.29 is 4.74 Å². The van der Waals surface area contributed by atoms with E-state index in [4.69, 9.17) is 4.74 Å². The summed E-state index contributed by atoms with van der Waals surface area (Å²) in [6.07, 6.45) is 10.0. The first kappa shape index (κ1) is 16.6. The van der Waals surface area contributed by atoms with Gasteiger partial charge >= 0.3 is 0 Å². The second-order valence-corrected chi connectivity index (χ2v) is 6.99. The molecule has 118 valence electrons. The maximum atomic E-state index is 5.74. The minimum absolute atomic E-state index is 0.396. The van der Waals surface area contributed by atoms with E-state index in [1.165, 1.54) is 30.6 Å². The molecule has 21 heavy (non-hydrogen) atoms. The van der Waals surface area contributed by atoms with Crippen LogP contribution in [0, 0.1) is 0 Å². The molecule has 1 N–H and O–H groups in total. The lowest BCUT2D eigenvalue weighted by Gasteiger charge is -2.31. The molecule has 1 fully saturated rings. The summed E-state index contributed by atoms with van der Waals surface area (Å²) in [5.41, 5.74) is 1.27. The van der Waals surface area contributed by atoms with Gasteiger partial charge in [-0.2, -0.15) is 11.8 Å². The average molecular weight is 308 g/mol. The average Bonchev–Trinajstić information content (AvgIpc) is 2.55. The Kier molecular flexibility index (Phi) is 7.37. The molecule has 2 unspecified atom stereocenters. The van der Waals surface area contributed by atoms with Gasteiger partial charge in [-0.05, 0) is 49.6 Å². The first-order valence-electron chi connectivity index (χ1n) is 8.27. The van der Waals surface area contributed by atoms with Gasteiger partial charge in [0.2, 0.25) is 0 Å². The Morgan fingerprint density at radius 3 is 2.95 bits per heavy atom. The number of thioether (sulfide) groups is 1. The second kappa shape index (κ2) is 9.31. The fraction of sp³-hybridized carbons (Fsp3) is 0.706. The molecule has 0 aliphatic carbocycles. The van der Waals surface area contributed by atoms with Crippen LogP contribution in [0.2, 0.25) is 0 Å². The summed E-state index contributed by atoms with van der Waals surface area (Å²) in [7, 11) is 0. The van der Waals surface area contributed by atoms with Crippen LogP contribution in [0.15, 0.2) is 18.5 Å². The molecule has 1 aliphatic rings. The molecule has 2 atom stereocenters. The number of hydrogen-bond acceptors (Lipinski definition) is 4. The van der Waals surface area contributed by atoms with Crippen molar-refractivity contribution in [2.75, 3.05) is 18.9 Å². The van der Waals surface area contributed by atoms with Crippen LogP contribution in [0.1, 0.15) is 57.6 Å². The number of aromatic nitrogens is 1. The molecular weight excluding hydrogens is 280 g/mol. The highest BCUT2D eigenvalue weighted by Gasteiger charge is 2.25. The third-order valence-electron chi connectivity index (χ3n) is 3.77. The SMILES string of the molecule is CCCNC(c1cncc(OCCC)c1)C1CCCCS1. The molecule has 2 heterocycles. The zero-order valence-corrected chi connectivity index (χ0v) is 14.1. The molecule has 1 saturated heterocycles. The topological polar surface area (TPSA) is 34.2 Å². The van der Waals surface area contributed by atoms with Gasteiger partial charge in [0, 0.05) is 17.5 Å². The van der Waals surface area contributed by atoms with E-state index in [0.717, 1.165) is 31.7 Å². The molecule has 0 bridgehead atoms. The molecule has 0 radical (unpaired) electrons. The summed E-state index contributed by atoms with van der Waals surface area (Å²) in [6, 6.07) is 2.57. The Hall–Kier alpha value is -0.740. The normalized spacial score (nSPS) is 20.2. The lowest BCUT2D eigenvalue weighted by atomic mass is 10.0. The van der Waals surface area contributed by atoms with Crippen LogP contribution in [-0.2, 0) is 0 Å². The first-order valence-corrected chi connectivity index (χ1v) is 9.32. The van der Waals surface area contributed by atoms with Crippen molar-refractivity contribution in [3.63, 3.8) is 0 Å². The number of nitrogens with zero attached hydrogens (tertiary/aromatic N) is 1. The van der Waals surface area contributed by atoms with Crippen LogP contribution >= 0.6 is 11.8 Å². The summed E-state index contributed by atoms with van der Waals surface area (Å²) in [5.74, 6) is 2.19. The van der Waals surface area contributed by atoms with Gasteiger partial charge in [0.15, 0.2) is 0 Å². The Labute approximate surface area is 133 Å². The molecule has 1 aromatic heterocycles. The number of nitrogens with one attached hydrogen (secondary N) is 1. The minimum Gasteiger partial charge on any atom is -0.492 e. The number of hydrogen-bond donors (Lipinski definition) is 1. The standard InChI is InChI=1S/C17H28N2OS/c1-3-8-19-17(16-7-5-6-10-21-16)14-11-15(13-18-12-14)20-9-4-2/h11-13,16-17,19H,3-10H2,1-2H3. The highest BCUT2D eigenvalue weighted by molar-refractivity contribution is 8.00. The summed E-state index contributed by atoms with van der Waals surface area (Å²) in [6.45, 7) is 6.16. The number of ether oxygens (including phenoxy) is 1. The molecule has 0 spiro atoms.